The van der Waals surface area contributed by atoms with Crippen molar-refractivity contribution in [3.63, 3.8) is 0 Å². The van der Waals surface area contributed by atoms with Crippen LogP contribution in [0.5, 0.6) is 5.75 Å². The number of nitrogens with one attached hydrogen (secondary N) is 1. The molecule has 0 spiro atoms. The Morgan fingerprint density at radius 3 is 2.29 bits per heavy atom. The van der Waals surface area contributed by atoms with Gasteiger partial charge in [-0.2, -0.15) is 0 Å². The number of fused-ring (bicyclic) bond motifs is 1. The van der Waals surface area contributed by atoms with Gasteiger partial charge in [-0.15, -0.1) is 0 Å². The first-order chi connectivity index (χ1) is 18.1. The van der Waals surface area contributed by atoms with Crippen molar-refractivity contribution in [3.8, 4) is 5.75 Å². The normalized spacial score (nSPS) is 12.7. The van der Waals surface area contributed by atoms with E-state index in [0.29, 0.717) is 57.9 Å². The number of halogens is 1. The molecule has 0 aliphatic rings. The highest BCUT2D eigenvalue weighted by Gasteiger charge is 2.46. The van der Waals surface area contributed by atoms with Crippen molar-refractivity contribution in [2.75, 3.05) is 20.7 Å². The van der Waals surface area contributed by atoms with Crippen molar-refractivity contribution in [1.29, 1.82) is 0 Å². The molecule has 3 aromatic rings. The molecule has 2 amide bonds. The first-order valence-corrected chi connectivity index (χ1v) is 13.5. The molecule has 0 saturated heterocycles. The number of nitrogens with zero attached hydrogens (tertiary/aromatic N) is 2. The third-order valence-corrected chi connectivity index (χ3v) is 7.24. The van der Waals surface area contributed by atoms with Crippen LogP contribution in [0.3, 0.4) is 0 Å². The molecule has 0 aliphatic heterocycles. The molecule has 0 fully saturated rings. The Hall–Kier alpha value is -3.32. The summed E-state index contributed by atoms with van der Waals surface area (Å²) in [5, 5.41) is 4.28. The molecule has 204 valence electrons. The van der Waals surface area contributed by atoms with Gasteiger partial charge in [0.25, 0.3) is 11.8 Å². The predicted molar refractivity (Wildman–Crippen MR) is 152 cm³/mol. The minimum Gasteiger partial charge on any atom is -0.497 e. The third kappa shape index (κ3) is 5.73. The number of ether oxygens (including phenoxy) is 1. The van der Waals surface area contributed by atoms with Gasteiger partial charge in [0.1, 0.15) is 11.3 Å². The van der Waals surface area contributed by atoms with Crippen LogP contribution in [-0.4, -0.2) is 47.9 Å². The molecular weight excluding hydrogens is 502 g/mol. The van der Waals surface area contributed by atoms with E-state index in [2.05, 4.69) is 12.2 Å². The number of methoxy groups -OCH3 is 1. The number of amides is 2. The fraction of sp³-hybridized carbons (Fsp3) is 0.433. The van der Waals surface area contributed by atoms with Crippen molar-refractivity contribution < 1.29 is 19.1 Å². The molecule has 0 bridgehead atoms. The van der Waals surface area contributed by atoms with E-state index in [0.717, 1.165) is 19.3 Å². The molecule has 1 atom stereocenters. The van der Waals surface area contributed by atoms with Crippen LogP contribution >= 0.6 is 11.6 Å². The van der Waals surface area contributed by atoms with Gasteiger partial charge >= 0.3 is 0 Å². The Kier molecular flexibility index (Phi) is 9.60. The average Bonchev–Trinajstić information content (AvgIpc) is 3.20. The van der Waals surface area contributed by atoms with Gasteiger partial charge in [0.05, 0.1) is 12.6 Å². The topological polar surface area (TPSA) is 80.6 Å². The number of hydrogen-bond donors (Lipinski definition) is 1. The molecule has 2 aromatic carbocycles. The molecule has 0 radical (unpaired) electrons. The molecule has 8 heteroatoms. The maximum Gasteiger partial charge on any atom is 0.262 e. The zero-order valence-corrected chi connectivity index (χ0v) is 23.9. The molecule has 0 aliphatic carbocycles. The highest BCUT2D eigenvalue weighted by atomic mass is 35.5. The van der Waals surface area contributed by atoms with Gasteiger partial charge in [0, 0.05) is 47.7 Å². The second kappa shape index (κ2) is 12.5. The fourth-order valence-electron chi connectivity index (χ4n) is 5.13. The quantitative estimate of drug-likeness (QED) is 0.320. The molecule has 1 heterocycles. The Morgan fingerprint density at radius 2 is 1.71 bits per heavy atom. The minimum atomic E-state index is -1.36. The SMILES string of the molecule is CCCCN(C)C(=O)C(CCCC)(NC(C)=O)c1c(C)n(C(=O)c2ccc(Cl)cc2)c2ccc(OC)cc12. The van der Waals surface area contributed by atoms with E-state index in [1.165, 1.54) is 6.92 Å². The number of likely N-dealkylation sites (N-methyl/N-ethyl adjacent to an activating group) is 1. The summed E-state index contributed by atoms with van der Waals surface area (Å²) in [5.41, 5.74) is 0.946. The largest absolute Gasteiger partial charge is 0.497 e. The number of hydrogen-bond acceptors (Lipinski definition) is 4. The van der Waals surface area contributed by atoms with Gasteiger partial charge in [-0.1, -0.05) is 44.7 Å². The molecule has 7 nitrogen and oxygen atoms in total. The van der Waals surface area contributed by atoms with Gasteiger partial charge in [0.15, 0.2) is 0 Å². The van der Waals surface area contributed by atoms with Crippen LogP contribution in [0.1, 0.15) is 74.5 Å². The van der Waals surface area contributed by atoms with E-state index in [-0.39, 0.29) is 17.7 Å². The van der Waals surface area contributed by atoms with Gasteiger partial charge in [-0.05, 0) is 62.2 Å². The van der Waals surface area contributed by atoms with Crippen LogP contribution in [0.15, 0.2) is 42.5 Å². The lowest BCUT2D eigenvalue weighted by Crippen LogP contribution is -2.56. The van der Waals surface area contributed by atoms with Crippen molar-refractivity contribution in [2.24, 2.45) is 0 Å². The molecular formula is C30H38ClN3O4. The molecule has 1 aromatic heterocycles. The lowest BCUT2D eigenvalue weighted by Gasteiger charge is -2.37. The molecule has 38 heavy (non-hydrogen) atoms. The lowest BCUT2D eigenvalue weighted by atomic mass is 9.81. The highest BCUT2D eigenvalue weighted by molar-refractivity contribution is 6.30. The van der Waals surface area contributed by atoms with Gasteiger partial charge in [-0.25, -0.2) is 0 Å². The Bertz CT molecular complexity index is 1320. The summed E-state index contributed by atoms with van der Waals surface area (Å²) in [6.45, 7) is 7.94. The number of aromatic nitrogens is 1. The predicted octanol–water partition coefficient (Wildman–Crippen LogP) is 6.08. The van der Waals surface area contributed by atoms with Crippen LogP contribution in [0.4, 0.5) is 0 Å². The Balaban J connectivity index is 2.39. The van der Waals surface area contributed by atoms with Crippen molar-refractivity contribution in [3.05, 3.63) is 64.3 Å². The van der Waals surface area contributed by atoms with E-state index in [1.807, 2.05) is 26.0 Å². The zero-order valence-electron chi connectivity index (χ0n) is 23.2. The standard InChI is InChI=1S/C30H38ClN3O4/c1-7-9-17-30(32-21(4)35,29(37)33(5)18-10-8-2)27-20(3)34(26-16-15-24(38-6)19-25(26)27)28(36)22-11-13-23(31)14-12-22/h11-16,19H,7-10,17-18H2,1-6H3,(H,32,35). The summed E-state index contributed by atoms with van der Waals surface area (Å²) < 4.78 is 7.15. The maximum absolute atomic E-state index is 14.3. The summed E-state index contributed by atoms with van der Waals surface area (Å²) >= 11 is 6.07. The molecule has 0 saturated carbocycles. The van der Waals surface area contributed by atoms with Crippen LogP contribution in [0, 0.1) is 6.92 Å². The number of benzene rings is 2. The van der Waals surface area contributed by atoms with Crippen molar-refractivity contribution in [2.45, 2.75) is 65.3 Å². The average molecular weight is 540 g/mol. The smallest absolute Gasteiger partial charge is 0.262 e. The van der Waals surface area contributed by atoms with Gasteiger partial charge < -0.3 is 15.0 Å². The van der Waals surface area contributed by atoms with E-state index in [9.17, 15) is 14.4 Å². The summed E-state index contributed by atoms with van der Waals surface area (Å²) in [5.74, 6) is -0.169. The monoisotopic (exact) mass is 539 g/mol. The summed E-state index contributed by atoms with van der Waals surface area (Å²) in [6, 6.07) is 12.2. The summed E-state index contributed by atoms with van der Waals surface area (Å²) in [4.78, 5) is 42.6. The first kappa shape index (κ1) is 29.2. The van der Waals surface area contributed by atoms with E-state index < -0.39 is 5.54 Å². The third-order valence-electron chi connectivity index (χ3n) is 6.99. The van der Waals surface area contributed by atoms with Crippen LogP contribution in [0.25, 0.3) is 10.9 Å². The number of carbonyl (C=O) groups excluding carboxylic acids is 3. The van der Waals surface area contributed by atoms with E-state index >= 15 is 0 Å². The first-order valence-electron chi connectivity index (χ1n) is 13.1. The zero-order chi connectivity index (χ0) is 28.0. The number of carbonyl (C=O) groups is 3. The lowest BCUT2D eigenvalue weighted by molar-refractivity contribution is -0.141. The highest BCUT2D eigenvalue weighted by Crippen LogP contribution is 2.40. The molecule has 3 rings (SSSR count). The van der Waals surface area contributed by atoms with Gasteiger partial charge in [-0.3, -0.25) is 19.0 Å². The fourth-order valence-corrected chi connectivity index (χ4v) is 5.26. The summed E-state index contributed by atoms with van der Waals surface area (Å²) in [7, 11) is 3.35. The van der Waals surface area contributed by atoms with Crippen molar-refractivity contribution in [1.82, 2.24) is 14.8 Å². The van der Waals surface area contributed by atoms with Crippen LogP contribution < -0.4 is 10.1 Å². The van der Waals surface area contributed by atoms with E-state index in [1.54, 1.807) is 54.0 Å². The van der Waals surface area contributed by atoms with Crippen LogP contribution in [-0.2, 0) is 15.1 Å². The maximum atomic E-state index is 14.3. The number of rotatable bonds is 11. The second-order valence-corrected chi connectivity index (χ2v) is 10.2. The summed E-state index contributed by atoms with van der Waals surface area (Å²) in [6.07, 6.45) is 3.71. The van der Waals surface area contributed by atoms with Crippen molar-refractivity contribution >= 4 is 40.2 Å². The minimum absolute atomic E-state index is 0.196. The molecule has 1 N–H and O–H groups in total. The Morgan fingerprint density at radius 1 is 1.05 bits per heavy atom. The number of unbranched alkanes of at least 4 members (excludes halogenated alkanes) is 2. The Labute approximate surface area is 230 Å². The van der Waals surface area contributed by atoms with Crippen LogP contribution in [0.2, 0.25) is 5.02 Å². The van der Waals surface area contributed by atoms with E-state index in [4.69, 9.17) is 16.3 Å². The van der Waals surface area contributed by atoms with Gasteiger partial charge in [0.2, 0.25) is 5.91 Å². The second-order valence-electron chi connectivity index (χ2n) is 9.76. The molecule has 1 unspecified atom stereocenters.